The second kappa shape index (κ2) is 8.80. The third kappa shape index (κ3) is 6.74. The molecule has 0 fully saturated rings. The van der Waals surface area contributed by atoms with E-state index in [1.807, 2.05) is 6.92 Å². The van der Waals surface area contributed by atoms with E-state index in [-0.39, 0.29) is 18.0 Å². The molecule has 7 nitrogen and oxygen atoms in total. The predicted octanol–water partition coefficient (Wildman–Crippen LogP) is 0.858. The number of nitrogens with zero attached hydrogens (tertiary/aromatic N) is 2. The Balaban J connectivity index is 2.46. The monoisotopic (exact) mass is 324 g/mol. The van der Waals surface area contributed by atoms with Crippen LogP contribution in [0.15, 0.2) is 17.3 Å². The molecule has 0 aromatic carbocycles. The molecule has 0 aliphatic rings. The Morgan fingerprint density at radius 1 is 1.29 bits per heavy atom. The molecule has 0 aliphatic heterocycles. The van der Waals surface area contributed by atoms with E-state index in [1.54, 1.807) is 0 Å². The molecule has 1 rings (SSSR count). The van der Waals surface area contributed by atoms with Crippen molar-refractivity contribution in [1.29, 1.82) is 0 Å². The molecule has 0 unspecified atom stereocenters. The number of anilines is 1. The summed E-state index contributed by atoms with van der Waals surface area (Å²) in [7, 11) is -3.77. The van der Waals surface area contributed by atoms with Crippen molar-refractivity contribution in [2.24, 2.45) is 0 Å². The van der Waals surface area contributed by atoms with Gasteiger partial charge >= 0.3 is 0 Å². The molecule has 0 radical (unpaired) electrons. The molecule has 1 aromatic heterocycles. The van der Waals surface area contributed by atoms with Crippen LogP contribution in [0, 0.1) is 0 Å². The number of nitrogens with one attached hydrogen (secondary N) is 2. The second-order valence-electron chi connectivity index (χ2n) is 4.03. The summed E-state index contributed by atoms with van der Waals surface area (Å²) in [5.41, 5.74) is 0. The van der Waals surface area contributed by atoms with Crippen LogP contribution < -0.4 is 10.0 Å². The van der Waals surface area contributed by atoms with Gasteiger partial charge in [0.05, 0.1) is 19.0 Å². The highest BCUT2D eigenvalue weighted by molar-refractivity contribution is 7.89. The van der Waals surface area contributed by atoms with Crippen LogP contribution in [-0.4, -0.2) is 51.1 Å². The Morgan fingerprint density at radius 2 is 1.95 bits per heavy atom. The van der Waals surface area contributed by atoms with Crippen molar-refractivity contribution in [3.05, 3.63) is 12.4 Å². The van der Waals surface area contributed by atoms with Gasteiger partial charge in [-0.05, 0) is 6.42 Å². The zero-order valence-corrected chi connectivity index (χ0v) is 12.4. The van der Waals surface area contributed by atoms with Crippen molar-refractivity contribution in [3.63, 3.8) is 0 Å². The molecule has 0 aliphatic carbocycles. The Morgan fingerprint density at radius 3 is 2.52 bits per heavy atom. The first kappa shape index (κ1) is 17.7. The van der Waals surface area contributed by atoms with Crippen molar-refractivity contribution in [2.45, 2.75) is 24.7 Å². The lowest BCUT2D eigenvalue weighted by Gasteiger charge is -2.08. The molecule has 0 amide bonds. The van der Waals surface area contributed by atoms with Gasteiger partial charge in [0.1, 0.15) is 11.5 Å². The van der Waals surface area contributed by atoms with Crippen molar-refractivity contribution in [1.82, 2.24) is 14.7 Å². The molecular weight excluding hydrogens is 306 g/mol. The number of rotatable bonds is 10. The Hall–Kier alpha value is -1.39. The van der Waals surface area contributed by atoms with E-state index in [2.05, 4.69) is 24.7 Å². The summed E-state index contributed by atoms with van der Waals surface area (Å²) in [6.07, 6.45) is 0.669. The van der Waals surface area contributed by atoms with Gasteiger partial charge in [0, 0.05) is 13.1 Å². The maximum atomic E-state index is 11.8. The lowest BCUT2D eigenvalue weighted by molar-refractivity contribution is 0.0199. The minimum absolute atomic E-state index is 0.0987. The largest absolute Gasteiger partial charge is 0.374 e. The summed E-state index contributed by atoms with van der Waals surface area (Å²) in [5, 5.41) is 2.91. The fourth-order valence-corrected chi connectivity index (χ4v) is 2.19. The average molecular weight is 324 g/mol. The quantitative estimate of drug-likeness (QED) is 0.620. The smallest absolute Gasteiger partial charge is 0.261 e. The highest BCUT2D eigenvalue weighted by Gasteiger charge is 2.14. The zero-order valence-electron chi connectivity index (χ0n) is 11.6. The normalized spacial score (nSPS) is 11.8. The van der Waals surface area contributed by atoms with Crippen molar-refractivity contribution < 1.29 is 21.9 Å². The summed E-state index contributed by atoms with van der Waals surface area (Å²) in [4.78, 5) is 7.66. The molecule has 0 saturated heterocycles. The van der Waals surface area contributed by atoms with Crippen molar-refractivity contribution in [2.75, 3.05) is 31.6 Å². The van der Waals surface area contributed by atoms with Gasteiger partial charge in [-0.1, -0.05) is 6.92 Å². The molecule has 21 heavy (non-hydrogen) atoms. The summed E-state index contributed by atoms with van der Waals surface area (Å²) < 4.78 is 54.1. The van der Waals surface area contributed by atoms with Gasteiger partial charge in [0.25, 0.3) is 6.43 Å². The Kier molecular flexibility index (Phi) is 7.40. The van der Waals surface area contributed by atoms with Crippen molar-refractivity contribution >= 4 is 16.0 Å². The number of halogens is 2. The summed E-state index contributed by atoms with van der Waals surface area (Å²) in [5.74, 6) is 0.344. The van der Waals surface area contributed by atoms with Crippen LogP contribution in [0.25, 0.3) is 0 Å². The minimum atomic E-state index is -3.77. The van der Waals surface area contributed by atoms with Crippen LogP contribution >= 0.6 is 0 Å². The molecule has 120 valence electrons. The fraction of sp³-hybridized carbons (Fsp3) is 0.636. The predicted molar refractivity (Wildman–Crippen MR) is 72.8 cm³/mol. The number of ether oxygens (including phenoxy) is 1. The fourth-order valence-electron chi connectivity index (χ4n) is 1.29. The van der Waals surface area contributed by atoms with Crippen LogP contribution in [0.3, 0.4) is 0 Å². The van der Waals surface area contributed by atoms with Crippen LogP contribution in [-0.2, 0) is 14.8 Å². The van der Waals surface area contributed by atoms with Crippen LogP contribution in [0.1, 0.15) is 13.3 Å². The number of aromatic nitrogens is 2. The van der Waals surface area contributed by atoms with Gasteiger partial charge < -0.3 is 10.1 Å². The topological polar surface area (TPSA) is 93.2 Å². The molecule has 1 heterocycles. The molecule has 1 aromatic rings. The molecule has 0 spiro atoms. The van der Waals surface area contributed by atoms with E-state index in [4.69, 9.17) is 0 Å². The number of alkyl halides is 2. The first-order valence-electron chi connectivity index (χ1n) is 6.37. The van der Waals surface area contributed by atoms with Gasteiger partial charge in [-0.3, -0.25) is 0 Å². The molecular formula is C11H18F2N4O3S. The molecule has 2 N–H and O–H groups in total. The number of sulfonamides is 1. The summed E-state index contributed by atoms with van der Waals surface area (Å²) >= 11 is 0. The second-order valence-corrected chi connectivity index (χ2v) is 5.80. The number of hydrogen-bond donors (Lipinski definition) is 2. The highest BCUT2D eigenvalue weighted by atomic mass is 32.2. The maximum absolute atomic E-state index is 11.8. The molecule has 0 bridgehead atoms. The van der Waals surface area contributed by atoms with Crippen LogP contribution in [0.4, 0.5) is 14.7 Å². The minimum Gasteiger partial charge on any atom is -0.374 e. The maximum Gasteiger partial charge on any atom is 0.261 e. The first-order valence-corrected chi connectivity index (χ1v) is 7.85. The van der Waals surface area contributed by atoms with Gasteiger partial charge in [0.15, 0.2) is 0 Å². The SMILES string of the molecule is CCCNc1ncc(S(=O)(=O)NCCOCC(F)F)cn1. The highest BCUT2D eigenvalue weighted by Crippen LogP contribution is 2.07. The van der Waals surface area contributed by atoms with E-state index in [0.717, 1.165) is 6.42 Å². The third-order valence-electron chi connectivity index (χ3n) is 2.25. The molecule has 0 saturated carbocycles. The Bertz CT molecular complexity index is 511. The van der Waals surface area contributed by atoms with Crippen molar-refractivity contribution in [3.8, 4) is 0 Å². The standard InChI is InChI=1S/C11H18F2N4O3S/c1-2-3-14-11-15-6-9(7-16-11)21(18,19)17-4-5-20-8-10(12)13/h6-7,10,17H,2-5,8H2,1H3,(H,14,15,16). The zero-order chi connectivity index (χ0) is 15.7. The van der Waals surface area contributed by atoms with Gasteiger partial charge in [-0.15, -0.1) is 0 Å². The van der Waals surface area contributed by atoms with Gasteiger partial charge in [-0.25, -0.2) is 31.9 Å². The van der Waals surface area contributed by atoms with E-state index in [9.17, 15) is 17.2 Å². The van der Waals surface area contributed by atoms with E-state index in [1.165, 1.54) is 12.4 Å². The summed E-state index contributed by atoms with van der Waals surface area (Å²) in [6.45, 7) is 1.70. The molecule has 10 heteroatoms. The van der Waals surface area contributed by atoms with Crippen LogP contribution in [0.2, 0.25) is 0 Å². The summed E-state index contributed by atoms with van der Waals surface area (Å²) in [6, 6.07) is 0. The van der Waals surface area contributed by atoms with E-state index >= 15 is 0 Å². The van der Waals surface area contributed by atoms with E-state index < -0.39 is 23.1 Å². The van der Waals surface area contributed by atoms with Gasteiger partial charge in [-0.2, -0.15) is 0 Å². The Labute approximate surface area is 122 Å². The lowest BCUT2D eigenvalue weighted by Crippen LogP contribution is -2.28. The first-order chi connectivity index (χ1) is 9.95. The van der Waals surface area contributed by atoms with E-state index in [0.29, 0.717) is 12.5 Å². The van der Waals surface area contributed by atoms with Crippen LogP contribution in [0.5, 0.6) is 0 Å². The van der Waals surface area contributed by atoms with Gasteiger partial charge in [0.2, 0.25) is 16.0 Å². The third-order valence-corrected chi connectivity index (χ3v) is 3.67. The average Bonchev–Trinajstić information content (AvgIpc) is 2.44. The lowest BCUT2D eigenvalue weighted by atomic mass is 10.5. The molecule has 0 atom stereocenters. The number of hydrogen-bond acceptors (Lipinski definition) is 6.